The number of anilines is 2. The number of nitrogens with one attached hydrogen (secondary N) is 2. The molecule has 172 valence electrons. The molecule has 12 nitrogen and oxygen atoms in total. The van der Waals surface area contributed by atoms with E-state index in [0.29, 0.717) is 12.8 Å². The average molecular weight is 439 g/mol. The molecule has 1 saturated heterocycles. The van der Waals surface area contributed by atoms with E-state index in [9.17, 15) is 30.2 Å². The molecule has 4 N–H and O–H groups in total. The number of hydroxylamine groups is 2. The number of hydrogen-bond acceptors (Lipinski definition) is 9. The molecule has 0 atom stereocenters. The molecule has 0 spiro atoms. The van der Waals surface area contributed by atoms with Gasteiger partial charge in [-0.3, -0.25) is 25.0 Å². The third-order valence-electron chi connectivity index (χ3n) is 5.39. The Kier molecular flexibility index (Phi) is 7.06. The summed E-state index contributed by atoms with van der Waals surface area (Å²) >= 11 is 0. The molecule has 0 aliphatic carbocycles. The first kappa shape index (κ1) is 24.3. The number of carbonyl (C=O) groups is 1. The van der Waals surface area contributed by atoms with Crippen LogP contribution >= 0.6 is 0 Å². The second-order valence-corrected chi connectivity index (χ2v) is 9.01. The number of nitrogens with zero attached hydrogens (tertiary/aromatic N) is 3. The van der Waals surface area contributed by atoms with Gasteiger partial charge in [0.2, 0.25) is 0 Å². The molecule has 0 saturated carbocycles. The van der Waals surface area contributed by atoms with E-state index in [1.165, 1.54) is 11.1 Å². The van der Waals surface area contributed by atoms with Crippen LogP contribution < -0.4 is 10.6 Å². The number of carboxylic acid groups (broad SMARTS) is 1. The van der Waals surface area contributed by atoms with Gasteiger partial charge in [-0.15, -0.1) is 0 Å². The summed E-state index contributed by atoms with van der Waals surface area (Å²) in [5, 5.41) is 49.5. The lowest BCUT2D eigenvalue weighted by molar-refractivity contribution is -0.393. The first-order chi connectivity index (χ1) is 14.2. The fourth-order valence-corrected chi connectivity index (χ4v) is 4.19. The van der Waals surface area contributed by atoms with Gasteiger partial charge in [0.1, 0.15) is 11.4 Å². The zero-order valence-corrected chi connectivity index (χ0v) is 18.0. The molecule has 1 aromatic rings. The molecule has 1 heterocycles. The van der Waals surface area contributed by atoms with Crippen LogP contribution in [0.15, 0.2) is 12.1 Å². The zero-order valence-electron chi connectivity index (χ0n) is 18.0. The number of carboxylic acids is 1. The number of hydrogen-bond donors (Lipinski definition) is 4. The first-order valence-corrected chi connectivity index (χ1v) is 9.93. The lowest BCUT2D eigenvalue weighted by Crippen LogP contribution is -2.61. The molecule has 1 aliphatic rings. The van der Waals surface area contributed by atoms with Crippen LogP contribution in [0.4, 0.5) is 22.7 Å². The molecule has 1 aromatic carbocycles. The number of nitro groups is 2. The van der Waals surface area contributed by atoms with Crippen molar-refractivity contribution in [2.75, 3.05) is 17.2 Å². The highest BCUT2D eigenvalue weighted by molar-refractivity contribution is 5.77. The molecule has 31 heavy (non-hydrogen) atoms. The van der Waals surface area contributed by atoms with E-state index in [1.807, 2.05) is 27.7 Å². The highest BCUT2D eigenvalue weighted by atomic mass is 16.6. The minimum Gasteiger partial charge on any atom is -0.481 e. The summed E-state index contributed by atoms with van der Waals surface area (Å²) < 4.78 is 0. The topological polar surface area (TPSA) is 171 Å². The minimum atomic E-state index is -0.984. The highest BCUT2D eigenvalue weighted by Gasteiger charge is 2.45. The Balaban J connectivity index is 2.36. The maximum atomic E-state index is 11.6. The number of benzene rings is 1. The Hall–Kier alpha value is -2.99. The number of piperidine rings is 1. The standard InChI is InChI=1S/C19H29N5O7/c1-18(2)10-12(11-19(3,4)24(18)31)21-14-8-13(20-7-5-6-17(25)26)15(22(27)28)9-16(14)23(29)30/h8-9,12,20-21,31H,5-7,10-11H2,1-4H3,(H,25,26). The van der Waals surface area contributed by atoms with E-state index in [1.54, 1.807) is 0 Å². The minimum absolute atomic E-state index is 0.0709. The van der Waals surface area contributed by atoms with Crippen molar-refractivity contribution in [1.29, 1.82) is 0 Å². The maximum Gasteiger partial charge on any atom is 0.303 e. The van der Waals surface area contributed by atoms with Crippen LogP contribution in [-0.4, -0.2) is 54.9 Å². The Bertz CT molecular complexity index is 853. The number of rotatable bonds is 9. The molecule has 1 aliphatic heterocycles. The van der Waals surface area contributed by atoms with E-state index in [4.69, 9.17) is 5.11 Å². The van der Waals surface area contributed by atoms with Crippen LogP contribution in [-0.2, 0) is 4.79 Å². The van der Waals surface area contributed by atoms with Gasteiger partial charge in [0.15, 0.2) is 0 Å². The van der Waals surface area contributed by atoms with Gasteiger partial charge in [0, 0.05) is 30.1 Å². The van der Waals surface area contributed by atoms with E-state index in [2.05, 4.69) is 10.6 Å². The smallest absolute Gasteiger partial charge is 0.303 e. The number of aliphatic carboxylic acids is 1. The lowest BCUT2D eigenvalue weighted by atomic mass is 9.79. The Morgan fingerprint density at radius 3 is 2.10 bits per heavy atom. The van der Waals surface area contributed by atoms with Crippen molar-refractivity contribution < 1.29 is 25.0 Å². The van der Waals surface area contributed by atoms with E-state index < -0.39 is 38.3 Å². The quantitative estimate of drug-likeness (QED) is 0.253. The highest BCUT2D eigenvalue weighted by Crippen LogP contribution is 2.41. The molecule has 0 unspecified atom stereocenters. The molecular weight excluding hydrogens is 410 g/mol. The summed E-state index contributed by atoms with van der Waals surface area (Å²) in [6.45, 7) is 7.61. The summed E-state index contributed by atoms with van der Waals surface area (Å²) in [5.74, 6) is -0.984. The second-order valence-electron chi connectivity index (χ2n) is 9.01. The van der Waals surface area contributed by atoms with Crippen molar-refractivity contribution in [3.05, 3.63) is 32.4 Å². The van der Waals surface area contributed by atoms with Gasteiger partial charge >= 0.3 is 5.97 Å². The van der Waals surface area contributed by atoms with Gasteiger partial charge in [0.05, 0.1) is 15.9 Å². The molecule has 0 bridgehead atoms. The first-order valence-electron chi connectivity index (χ1n) is 9.93. The molecule has 0 aromatic heterocycles. The summed E-state index contributed by atoms with van der Waals surface area (Å²) in [6.07, 6.45) is 1.11. The normalized spacial score (nSPS) is 18.4. The third-order valence-corrected chi connectivity index (χ3v) is 5.39. The van der Waals surface area contributed by atoms with Crippen LogP contribution in [0.25, 0.3) is 0 Å². The van der Waals surface area contributed by atoms with Crippen LogP contribution in [0.2, 0.25) is 0 Å². The Morgan fingerprint density at radius 2 is 1.61 bits per heavy atom. The monoisotopic (exact) mass is 439 g/mol. The van der Waals surface area contributed by atoms with Gasteiger partial charge < -0.3 is 20.9 Å². The van der Waals surface area contributed by atoms with Gasteiger partial charge in [-0.2, -0.15) is 5.06 Å². The molecule has 1 fully saturated rings. The van der Waals surface area contributed by atoms with Crippen molar-refractivity contribution in [1.82, 2.24) is 5.06 Å². The predicted octanol–water partition coefficient (Wildman–Crippen LogP) is 3.60. The van der Waals surface area contributed by atoms with Crippen molar-refractivity contribution in [3.8, 4) is 0 Å². The van der Waals surface area contributed by atoms with Gasteiger partial charge in [-0.25, -0.2) is 0 Å². The molecule has 12 heteroatoms. The summed E-state index contributed by atoms with van der Waals surface area (Å²) in [7, 11) is 0. The fraction of sp³-hybridized carbons (Fsp3) is 0.632. The third kappa shape index (κ3) is 5.79. The molecule has 0 radical (unpaired) electrons. The maximum absolute atomic E-state index is 11.6. The fourth-order valence-electron chi connectivity index (χ4n) is 4.19. The average Bonchev–Trinajstić information content (AvgIpc) is 2.62. The molecular formula is C19H29N5O7. The lowest BCUT2D eigenvalue weighted by Gasteiger charge is -2.51. The summed E-state index contributed by atoms with van der Waals surface area (Å²) in [5.41, 5.74) is -1.87. The summed E-state index contributed by atoms with van der Waals surface area (Å²) in [4.78, 5) is 32.3. The van der Waals surface area contributed by atoms with Crippen molar-refractivity contribution in [3.63, 3.8) is 0 Å². The van der Waals surface area contributed by atoms with E-state index >= 15 is 0 Å². The molecule has 2 rings (SSSR count). The van der Waals surface area contributed by atoms with Crippen molar-refractivity contribution >= 4 is 28.7 Å². The van der Waals surface area contributed by atoms with Crippen LogP contribution in [0.3, 0.4) is 0 Å². The Labute approximate surface area is 179 Å². The van der Waals surface area contributed by atoms with Gasteiger partial charge in [-0.05, 0) is 53.0 Å². The Morgan fingerprint density at radius 1 is 1.10 bits per heavy atom. The van der Waals surface area contributed by atoms with E-state index in [-0.39, 0.29) is 36.8 Å². The van der Waals surface area contributed by atoms with Gasteiger partial charge in [0.25, 0.3) is 11.4 Å². The summed E-state index contributed by atoms with van der Waals surface area (Å²) in [6, 6.07) is 2.00. The van der Waals surface area contributed by atoms with Gasteiger partial charge in [-0.1, -0.05) is 0 Å². The number of nitro benzene ring substituents is 2. The molecule has 0 amide bonds. The second kappa shape index (κ2) is 9.02. The van der Waals surface area contributed by atoms with Crippen LogP contribution in [0.1, 0.15) is 53.4 Å². The largest absolute Gasteiger partial charge is 0.481 e. The predicted molar refractivity (Wildman–Crippen MR) is 114 cm³/mol. The van der Waals surface area contributed by atoms with Crippen molar-refractivity contribution in [2.24, 2.45) is 0 Å². The SMILES string of the molecule is CC1(C)CC(Nc2cc(NCCCC(=O)O)c([N+](=O)[O-])cc2[N+](=O)[O-])CC(C)(C)N1O. The van der Waals surface area contributed by atoms with Crippen molar-refractivity contribution in [2.45, 2.75) is 70.5 Å². The zero-order chi connectivity index (χ0) is 23.6. The van der Waals surface area contributed by atoms with Crippen LogP contribution in [0.5, 0.6) is 0 Å². The van der Waals surface area contributed by atoms with Crippen LogP contribution in [0, 0.1) is 20.2 Å². The van der Waals surface area contributed by atoms with E-state index in [0.717, 1.165) is 6.07 Å².